The van der Waals surface area contributed by atoms with E-state index in [1.807, 2.05) is 20.8 Å². The first-order valence-electron chi connectivity index (χ1n) is 6.14. The fourth-order valence-electron chi connectivity index (χ4n) is 1.71. The molecule has 0 amide bonds. The van der Waals surface area contributed by atoms with E-state index in [4.69, 9.17) is 5.73 Å². The van der Waals surface area contributed by atoms with Crippen LogP contribution in [0.3, 0.4) is 0 Å². The Morgan fingerprint density at radius 3 is 2.61 bits per heavy atom. The molecular formula is C13H20FN3O. The second-order valence-electron chi connectivity index (χ2n) is 4.13. The number of hydrogen-bond donors (Lipinski definition) is 2. The van der Waals surface area contributed by atoms with Crippen molar-refractivity contribution < 1.29 is 4.39 Å². The summed E-state index contributed by atoms with van der Waals surface area (Å²) in [6, 6.07) is 4.40. The van der Waals surface area contributed by atoms with Crippen LogP contribution in [0.15, 0.2) is 23.0 Å². The predicted octanol–water partition coefficient (Wildman–Crippen LogP) is 2.40. The number of rotatable bonds is 2. The average Bonchev–Trinajstić information content (AvgIpc) is 2.65. The van der Waals surface area contributed by atoms with Gasteiger partial charge in [-0.3, -0.25) is 4.57 Å². The van der Waals surface area contributed by atoms with Crippen molar-refractivity contribution in [1.29, 1.82) is 0 Å². The minimum Gasteiger partial charge on any atom is -0.331 e. The Morgan fingerprint density at radius 2 is 2.06 bits per heavy atom. The topological polar surface area (TPSA) is 63.8 Å². The maximum atomic E-state index is 13.1. The second-order valence-corrected chi connectivity index (χ2v) is 4.13. The van der Waals surface area contributed by atoms with E-state index in [2.05, 4.69) is 4.98 Å². The Hall–Kier alpha value is -1.62. The summed E-state index contributed by atoms with van der Waals surface area (Å²) in [5.74, 6) is -0.321. The molecule has 0 aliphatic heterocycles. The number of H-pyrrole nitrogens is 1. The first-order chi connectivity index (χ1) is 8.54. The lowest BCUT2D eigenvalue weighted by atomic mass is 10.2. The number of hydrogen-bond acceptors (Lipinski definition) is 2. The lowest BCUT2D eigenvalue weighted by molar-refractivity contribution is 0.528. The molecule has 18 heavy (non-hydrogen) atoms. The molecule has 0 radical (unpaired) electrons. The van der Waals surface area contributed by atoms with E-state index in [-0.39, 0.29) is 17.5 Å². The number of imidazole rings is 1. The molecule has 0 fully saturated rings. The number of nitrogens with two attached hydrogens (primary N) is 1. The zero-order valence-corrected chi connectivity index (χ0v) is 11.0. The fourth-order valence-corrected chi connectivity index (χ4v) is 1.71. The zero-order chi connectivity index (χ0) is 13.7. The lowest BCUT2D eigenvalue weighted by Crippen LogP contribution is -2.19. The molecule has 1 atom stereocenters. The molecule has 100 valence electrons. The van der Waals surface area contributed by atoms with Gasteiger partial charge in [0.2, 0.25) is 0 Å². The quantitative estimate of drug-likeness (QED) is 0.863. The lowest BCUT2D eigenvalue weighted by Gasteiger charge is -2.10. The number of nitrogens with one attached hydrogen (secondary N) is 1. The van der Waals surface area contributed by atoms with Gasteiger partial charge in [0.1, 0.15) is 5.82 Å². The van der Waals surface area contributed by atoms with Crippen molar-refractivity contribution >= 4 is 11.0 Å². The molecule has 4 nitrogen and oxygen atoms in total. The maximum absolute atomic E-state index is 13.1. The predicted molar refractivity (Wildman–Crippen MR) is 72.2 cm³/mol. The van der Waals surface area contributed by atoms with Crippen molar-refractivity contribution in [1.82, 2.24) is 9.55 Å². The van der Waals surface area contributed by atoms with Crippen LogP contribution in [0, 0.1) is 5.82 Å². The number of halogens is 1. The van der Waals surface area contributed by atoms with E-state index in [1.54, 1.807) is 10.6 Å². The molecule has 1 aromatic heterocycles. The molecule has 0 bridgehead atoms. The summed E-state index contributed by atoms with van der Waals surface area (Å²) in [5.41, 5.74) is 5.99. The minimum atomic E-state index is -0.321. The van der Waals surface area contributed by atoms with Gasteiger partial charge in [0.15, 0.2) is 0 Å². The summed E-state index contributed by atoms with van der Waals surface area (Å²) < 4.78 is 14.7. The van der Waals surface area contributed by atoms with Crippen LogP contribution in [0.2, 0.25) is 0 Å². The molecule has 2 rings (SSSR count). The number of fused-ring (bicyclic) bond motifs is 1. The monoisotopic (exact) mass is 253 g/mol. The SMILES string of the molecule is CCC(C)n1c(=O)[nH]c2ccc(F)cc21.CCN. The van der Waals surface area contributed by atoms with Gasteiger partial charge in [-0.2, -0.15) is 0 Å². The minimum absolute atomic E-state index is 0.0769. The summed E-state index contributed by atoms with van der Waals surface area (Å²) >= 11 is 0. The summed E-state index contributed by atoms with van der Waals surface area (Å²) in [7, 11) is 0. The van der Waals surface area contributed by atoms with Gasteiger partial charge < -0.3 is 10.7 Å². The first kappa shape index (κ1) is 14.4. The summed E-state index contributed by atoms with van der Waals surface area (Å²) in [5, 5.41) is 0. The van der Waals surface area contributed by atoms with E-state index in [0.29, 0.717) is 11.0 Å². The van der Waals surface area contributed by atoms with Crippen LogP contribution >= 0.6 is 0 Å². The molecule has 1 aromatic carbocycles. The van der Waals surface area contributed by atoms with Crippen molar-refractivity contribution in [3.8, 4) is 0 Å². The van der Waals surface area contributed by atoms with Crippen molar-refractivity contribution in [3.63, 3.8) is 0 Å². The molecular weight excluding hydrogens is 233 g/mol. The normalized spacial score (nSPS) is 12.1. The third-order valence-electron chi connectivity index (χ3n) is 2.71. The van der Waals surface area contributed by atoms with E-state index in [9.17, 15) is 9.18 Å². The Kier molecular flexibility index (Phi) is 5.09. The third-order valence-corrected chi connectivity index (χ3v) is 2.71. The van der Waals surface area contributed by atoms with Crippen molar-refractivity contribution in [3.05, 3.63) is 34.5 Å². The van der Waals surface area contributed by atoms with Crippen LogP contribution in [0.5, 0.6) is 0 Å². The number of benzene rings is 1. The molecule has 5 heteroatoms. The van der Waals surface area contributed by atoms with Crippen molar-refractivity contribution in [2.45, 2.75) is 33.2 Å². The van der Waals surface area contributed by atoms with Crippen LogP contribution < -0.4 is 11.4 Å². The van der Waals surface area contributed by atoms with Gasteiger partial charge in [0.25, 0.3) is 0 Å². The van der Waals surface area contributed by atoms with Crippen LogP contribution in [0.4, 0.5) is 4.39 Å². The molecule has 0 saturated carbocycles. The molecule has 0 spiro atoms. The highest BCUT2D eigenvalue weighted by Gasteiger charge is 2.11. The van der Waals surface area contributed by atoms with E-state index < -0.39 is 0 Å². The summed E-state index contributed by atoms with van der Waals surface area (Å²) in [6.45, 7) is 6.59. The van der Waals surface area contributed by atoms with Gasteiger partial charge in [0, 0.05) is 6.04 Å². The summed E-state index contributed by atoms with van der Waals surface area (Å²) in [6.07, 6.45) is 0.837. The number of nitrogens with zero attached hydrogens (tertiary/aromatic N) is 1. The maximum Gasteiger partial charge on any atom is 0.326 e. The molecule has 0 saturated heterocycles. The highest BCUT2D eigenvalue weighted by atomic mass is 19.1. The first-order valence-corrected chi connectivity index (χ1v) is 6.14. The molecule has 1 unspecified atom stereocenters. The van der Waals surface area contributed by atoms with Crippen LogP contribution in [0.25, 0.3) is 11.0 Å². The third kappa shape index (κ3) is 2.98. The standard InChI is InChI=1S/C11H13FN2O.C2H7N/c1-3-7(2)14-10-6-8(12)4-5-9(10)13-11(14)15;1-2-3/h4-7H,3H2,1-2H3,(H,13,15);2-3H2,1H3. The number of aromatic amines is 1. The van der Waals surface area contributed by atoms with Crippen LogP contribution in [0.1, 0.15) is 33.2 Å². The Bertz CT molecular complexity index is 559. The largest absolute Gasteiger partial charge is 0.331 e. The van der Waals surface area contributed by atoms with E-state index in [0.717, 1.165) is 13.0 Å². The van der Waals surface area contributed by atoms with Gasteiger partial charge in [0.05, 0.1) is 11.0 Å². The molecule has 0 aliphatic rings. The second kappa shape index (κ2) is 6.35. The Morgan fingerprint density at radius 1 is 1.44 bits per heavy atom. The molecule has 1 heterocycles. The highest BCUT2D eigenvalue weighted by Crippen LogP contribution is 2.17. The zero-order valence-electron chi connectivity index (χ0n) is 11.0. The van der Waals surface area contributed by atoms with Gasteiger partial charge in [-0.1, -0.05) is 13.8 Å². The summed E-state index contributed by atoms with van der Waals surface area (Å²) in [4.78, 5) is 14.3. The Balaban J connectivity index is 0.000000492. The molecule has 2 aromatic rings. The van der Waals surface area contributed by atoms with Crippen LogP contribution in [-0.4, -0.2) is 16.1 Å². The molecule has 3 N–H and O–H groups in total. The highest BCUT2D eigenvalue weighted by molar-refractivity contribution is 5.75. The average molecular weight is 253 g/mol. The smallest absolute Gasteiger partial charge is 0.326 e. The number of aromatic nitrogens is 2. The van der Waals surface area contributed by atoms with E-state index in [1.165, 1.54) is 12.1 Å². The molecule has 0 aliphatic carbocycles. The van der Waals surface area contributed by atoms with E-state index >= 15 is 0 Å². The van der Waals surface area contributed by atoms with Crippen molar-refractivity contribution in [2.24, 2.45) is 5.73 Å². The van der Waals surface area contributed by atoms with Gasteiger partial charge >= 0.3 is 5.69 Å². The fraction of sp³-hybridized carbons (Fsp3) is 0.462. The van der Waals surface area contributed by atoms with Gasteiger partial charge in [-0.25, -0.2) is 9.18 Å². The van der Waals surface area contributed by atoms with Crippen molar-refractivity contribution in [2.75, 3.05) is 6.54 Å². The van der Waals surface area contributed by atoms with Gasteiger partial charge in [-0.05, 0) is 38.1 Å². The van der Waals surface area contributed by atoms with Gasteiger partial charge in [-0.15, -0.1) is 0 Å². The Labute approximate surface area is 106 Å². The van der Waals surface area contributed by atoms with Crippen LogP contribution in [-0.2, 0) is 0 Å².